The number of rotatable bonds is 4. The minimum Gasteiger partial charge on any atom is -0.310 e. The molecule has 1 aliphatic carbocycles. The summed E-state index contributed by atoms with van der Waals surface area (Å²) in [7, 11) is 0. The number of aromatic nitrogens is 1. The van der Waals surface area contributed by atoms with Gasteiger partial charge < -0.3 is 5.32 Å². The van der Waals surface area contributed by atoms with Crippen molar-refractivity contribution < 1.29 is 0 Å². The second-order valence-electron chi connectivity index (χ2n) is 7.49. The molecule has 1 atom stereocenters. The smallest absolute Gasteiger partial charge is 0.0293 e. The van der Waals surface area contributed by atoms with Gasteiger partial charge in [-0.15, -0.1) is 0 Å². The molecule has 0 aliphatic heterocycles. The molecule has 0 radical (unpaired) electrons. The van der Waals surface area contributed by atoms with Crippen LogP contribution in [0.1, 0.15) is 65.0 Å². The lowest BCUT2D eigenvalue weighted by atomic mass is 9.70. The van der Waals surface area contributed by atoms with Gasteiger partial charge in [0.25, 0.3) is 0 Å². The molecule has 2 heteroatoms. The van der Waals surface area contributed by atoms with Crippen LogP contribution in [0.3, 0.4) is 0 Å². The zero-order chi connectivity index (χ0) is 14.6. The van der Waals surface area contributed by atoms with Crippen LogP contribution in [0.15, 0.2) is 24.5 Å². The summed E-state index contributed by atoms with van der Waals surface area (Å²) in [6.45, 7) is 10.6. The van der Waals surface area contributed by atoms with Crippen molar-refractivity contribution in [2.45, 2.75) is 59.4 Å². The first-order valence-electron chi connectivity index (χ1n) is 8.10. The first-order chi connectivity index (χ1) is 9.47. The summed E-state index contributed by atoms with van der Waals surface area (Å²) in [4.78, 5) is 4.08. The molecule has 1 aliphatic rings. The second-order valence-corrected chi connectivity index (χ2v) is 7.49. The van der Waals surface area contributed by atoms with Crippen molar-refractivity contribution in [2.24, 2.45) is 17.3 Å². The van der Waals surface area contributed by atoms with Crippen molar-refractivity contribution >= 4 is 0 Å². The van der Waals surface area contributed by atoms with Gasteiger partial charge in [0.2, 0.25) is 0 Å². The Balaban J connectivity index is 1.74. The molecule has 1 unspecified atom stereocenters. The van der Waals surface area contributed by atoms with E-state index in [0.29, 0.717) is 11.5 Å². The highest BCUT2D eigenvalue weighted by Gasteiger charge is 2.29. The molecule has 1 fully saturated rings. The van der Waals surface area contributed by atoms with Crippen molar-refractivity contribution in [1.29, 1.82) is 0 Å². The molecule has 0 saturated heterocycles. The van der Waals surface area contributed by atoms with Crippen molar-refractivity contribution in [2.75, 3.05) is 6.54 Å². The van der Waals surface area contributed by atoms with Crippen molar-refractivity contribution in [3.8, 4) is 0 Å². The predicted molar refractivity (Wildman–Crippen MR) is 85.6 cm³/mol. The maximum Gasteiger partial charge on any atom is 0.0293 e. The number of pyridine rings is 1. The number of nitrogens with one attached hydrogen (secondary N) is 1. The monoisotopic (exact) mass is 274 g/mol. The molecule has 0 amide bonds. The summed E-state index contributed by atoms with van der Waals surface area (Å²) in [6.07, 6.45) is 9.33. The Labute approximate surface area is 124 Å². The molecular weight excluding hydrogens is 244 g/mol. The molecular formula is C18H30N2. The lowest BCUT2D eigenvalue weighted by Gasteiger charge is -2.37. The summed E-state index contributed by atoms with van der Waals surface area (Å²) in [6, 6.07) is 4.64. The highest BCUT2D eigenvalue weighted by atomic mass is 14.9. The first-order valence-corrected chi connectivity index (χ1v) is 8.10. The summed E-state index contributed by atoms with van der Waals surface area (Å²) in [5.41, 5.74) is 1.83. The summed E-state index contributed by atoms with van der Waals surface area (Å²) in [5.74, 6) is 1.77. The third-order valence-corrected chi connectivity index (χ3v) is 4.99. The Bertz CT molecular complexity index is 386. The lowest BCUT2D eigenvalue weighted by molar-refractivity contribution is 0.148. The maximum absolute atomic E-state index is 4.08. The van der Waals surface area contributed by atoms with Crippen molar-refractivity contribution in [1.82, 2.24) is 10.3 Å². The predicted octanol–water partition coefficient (Wildman–Crippen LogP) is 4.58. The Kier molecular flexibility index (Phi) is 5.20. The van der Waals surface area contributed by atoms with Gasteiger partial charge in [-0.25, -0.2) is 0 Å². The topological polar surface area (TPSA) is 24.9 Å². The molecule has 0 bridgehead atoms. The van der Waals surface area contributed by atoms with E-state index >= 15 is 0 Å². The van der Waals surface area contributed by atoms with Gasteiger partial charge in [-0.05, 0) is 74.1 Å². The Morgan fingerprint density at radius 3 is 2.30 bits per heavy atom. The molecule has 1 aromatic heterocycles. The first kappa shape index (κ1) is 15.5. The molecule has 2 rings (SSSR count). The van der Waals surface area contributed by atoms with Crippen LogP contribution in [0.4, 0.5) is 0 Å². The van der Waals surface area contributed by atoms with Crippen LogP contribution in [0.25, 0.3) is 0 Å². The summed E-state index contributed by atoms with van der Waals surface area (Å²) >= 11 is 0. The van der Waals surface area contributed by atoms with E-state index in [1.807, 2.05) is 12.4 Å². The van der Waals surface area contributed by atoms with Crippen LogP contribution in [-0.2, 0) is 0 Å². The van der Waals surface area contributed by atoms with Gasteiger partial charge in [0.15, 0.2) is 0 Å². The Morgan fingerprint density at radius 2 is 1.75 bits per heavy atom. The van der Waals surface area contributed by atoms with E-state index in [1.54, 1.807) is 0 Å². The molecule has 0 aromatic carbocycles. The molecule has 1 saturated carbocycles. The van der Waals surface area contributed by atoms with Crippen LogP contribution in [0, 0.1) is 17.3 Å². The van der Waals surface area contributed by atoms with Gasteiger partial charge in [-0.3, -0.25) is 4.98 Å². The maximum atomic E-state index is 4.08. The van der Waals surface area contributed by atoms with Gasteiger partial charge in [0, 0.05) is 18.4 Å². The van der Waals surface area contributed by atoms with E-state index in [2.05, 4.69) is 50.1 Å². The van der Waals surface area contributed by atoms with Gasteiger partial charge in [0.05, 0.1) is 0 Å². The number of hydrogen-bond donors (Lipinski definition) is 1. The Hall–Kier alpha value is -0.890. The quantitative estimate of drug-likeness (QED) is 0.869. The Morgan fingerprint density at radius 1 is 1.15 bits per heavy atom. The minimum atomic E-state index is 0.429. The fraction of sp³-hybridized carbons (Fsp3) is 0.722. The number of nitrogens with zero attached hydrogens (tertiary/aromatic N) is 1. The van der Waals surface area contributed by atoms with Crippen LogP contribution >= 0.6 is 0 Å². The van der Waals surface area contributed by atoms with E-state index in [9.17, 15) is 0 Å². The minimum absolute atomic E-state index is 0.429. The molecule has 1 N–H and O–H groups in total. The average molecular weight is 274 g/mol. The molecule has 2 nitrogen and oxygen atoms in total. The normalized spacial score (nSPS) is 25.4. The summed E-state index contributed by atoms with van der Waals surface area (Å²) in [5, 5.41) is 3.69. The largest absolute Gasteiger partial charge is 0.310 e. The molecule has 1 aromatic rings. The fourth-order valence-electron chi connectivity index (χ4n) is 3.35. The third kappa shape index (κ3) is 4.31. The molecule has 0 spiro atoms. The van der Waals surface area contributed by atoms with Gasteiger partial charge in [0.1, 0.15) is 0 Å². The van der Waals surface area contributed by atoms with Gasteiger partial charge >= 0.3 is 0 Å². The third-order valence-electron chi connectivity index (χ3n) is 4.99. The molecule has 20 heavy (non-hydrogen) atoms. The van der Waals surface area contributed by atoms with Crippen molar-refractivity contribution in [3.63, 3.8) is 0 Å². The second kappa shape index (κ2) is 6.71. The van der Waals surface area contributed by atoms with Gasteiger partial charge in [-0.2, -0.15) is 0 Å². The number of hydrogen-bond acceptors (Lipinski definition) is 2. The fourth-order valence-corrected chi connectivity index (χ4v) is 3.35. The lowest BCUT2D eigenvalue weighted by Crippen LogP contribution is -2.31. The van der Waals surface area contributed by atoms with E-state index in [0.717, 1.165) is 18.4 Å². The highest BCUT2D eigenvalue weighted by molar-refractivity contribution is 5.13. The average Bonchev–Trinajstić information content (AvgIpc) is 2.45. The van der Waals surface area contributed by atoms with Crippen LogP contribution in [-0.4, -0.2) is 11.5 Å². The van der Waals surface area contributed by atoms with E-state index in [-0.39, 0.29) is 0 Å². The highest BCUT2D eigenvalue weighted by Crippen LogP contribution is 2.39. The zero-order valence-corrected chi connectivity index (χ0v) is 13.5. The van der Waals surface area contributed by atoms with Crippen LogP contribution in [0.2, 0.25) is 0 Å². The summed E-state index contributed by atoms with van der Waals surface area (Å²) < 4.78 is 0. The van der Waals surface area contributed by atoms with Gasteiger partial charge in [-0.1, -0.05) is 20.8 Å². The molecule has 1 heterocycles. The van der Waals surface area contributed by atoms with E-state index in [4.69, 9.17) is 0 Å². The van der Waals surface area contributed by atoms with E-state index in [1.165, 1.54) is 31.2 Å². The van der Waals surface area contributed by atoms with Crippen LogP contribution < -0.4 is 5.32 Å². The standard InChI is InChI=1S/C18H30N2/c1-14(16-9-11-19-12-10-16)20-13-15-5-7-17(8-6-15)18(2,3)4/h9-12,14-15,17,20H,5-8,13H2,1-4H3. The zero-order valence-electron chi connectivity index (χ0n) is 13.5. The molecule has 112 valence electrons. The van der Waals surface area contributed by atoms with Crippen LogP contribution in [0.5, 0.6) is 0 Å². The van der Waals surface area contributed by atoms with E-state index < -0.39 is 0 Å². The van der Waals surface area contributed by atoms with Crippen molar-refractivity contribution in [3.05, 3.63) is 30.1 Å². The SMILES string of the molecule is CC(NCC1CCC(C(C)(C)C)CC1)c1ccncc1.